The zero-order valence-corrected chi connectivity index (χ0v) is 15.0. The van der Waals surface area contributed by atoms with Gasteiger partial charge < -0.3 is 15.4 Å². The Morgan fingerprint density at radius 2 is 1.90 bits per heavy atom. The van der Waals surface area contributed by atoms with Crippen LogP contribution in [0.15, 0.2) is 4.99 Å². The molecule has 20 heavy (non-hydrogen) atoms. The Morgan fingerprint density at radius 1 is 1.25 bits per heavy atom. The first-order valence-corrected chi connectivity index (χ1v) is 9.54. The lowest BCUT2D eigenvalue weighted by molar-refractivity contribution is 0.0783. The lowest BCUT2D eigenvalue weighted by Gasteiger charge is -2.36. The van der Waals surface area contributed by atoms with E-state index < -0.39 is 0 Å². The molecule has 118 valence electrons. The molecule has 1 aliphatic heterocycles. The number of ether oxygens (including phenoxy) is 1. The largest absolute Gasteiger partial charge is 0.381 e. The van der Waals surface area contributed by atoms with Crippen molar-refractivity contribution in [2.45, 2.75) is 36.2 Å². The molecular weight excluding hydrogens is 290 g/mol. The summed E-state index contributed by atoms with van der Waals surface area (Å²) in [6, 6.07) is 0. The number of guanidine groups is 1. The number of thioether (sulfide) groups is 2. The third kappa shape index (κ3) is 5.74. The van der Waals surface area contributed by atoms with Crippen LogP contribution in [0, 0.1) is 0 Å². The number of nitrogens with zero attached hydrogens (tertiary/aromatic N) is 1. The van der Waals surface area contributed by atoms with Crippen molar-refractivity contribution in [3.63, 3.8) is 0 Å². The Labute approximate surface area is 132 Å². The molecule has 0 aromatic carbocycles. The zero-order chi connectivity index (χ0) is 15.1. The van der Waals surface area contributed by atoms with Gasteiger partial charge >= 0.3 is 0 Å². The van der Waals surface area contributed by atoms with Crippen LogP contribution >= 0.6 is 23.5 Å². The summed E-state index contributed by atoms with van der Waals surface area (Å²) >= 11 is 3.81. The molecule has 1 aliphatic rings. The van der Waals surface area contributed by atoms with Gasteiger partial charge in [0.25, 0.3) is 0 Å². The maximum absolute atomic E-state index is 5.48. The van der Waals surface area contributed by atoms with Gasteiger partial charge in [-0.3, -0.25) is 4.99 Å². The summed E-state index contributed by atoms with van der Waals surface area (Å²) < 4.78 is 5.98. The molecule has 2 N–H and O–H groups in total. The average molecular weight is 320 g/mol. The summed E-state index contributed by atoms with van der Waals surface area (Å²) in [5.74, 6) is 0.895. The third-order valence-corrected chi connectivity index (χ3v) is 6.54. The highest BCUT2D eigenvalue weighted by Gasteiger charge is 2.31. The van der Waals surface area contributed by atoms with Crippen LogP contribution in [-0.4, -0.2) is 61.3 Å². The molecule has 1 fully saturated rings. The maximum atomic E-state index is 5.48. The van der Waals surface area contributed by atoms with Crippen LogP contribution in [0.25, 0.3) is 0 Å². The van der Waals surface area contributed by atoms with Crippen molar-refractivity contribution in [2.24, 2.45) is 4.99 Å². The zero-order valence-electron chi connectivity index (χ0n) is 13.4. The molecule has 0 saturated carbocycles. The van der Waals surface area contributed by atoms with Crippen molar-refractivity contribution in [1.29, 1.82) is 0 Å². The van der Waals surface area contributed by atoms with E-state index >= 15 is 0 Å². The molecule has 1 saturated heterocycles. The van der Waals surface area contributed by atoms with E-state index in [0.717, 1.165) is 45.1 Å². The van der Waals surface area contributed by atoms with Gasteiger partial charge in [-0.25, -0.2) is 0 Å². The van der Waals surface area contributed by atoms with Crippen LogP contribution in [-0.2, 0) is 4.74 Å². The predicted molar refractivity (Wildman–Crippen MR) is 93.3 cm³/mol. The highest BCUT2D eigenvalue weighted by molar-refractivity contribution is 8.00. The molecule has 1 rings (SSSR count). The molecule has 6 heteroatoms. The van der Waals surface area contributed by atoms with E-state index in [1.165, 1.54) is 0 Å². The second-order valence-corrected chi connectivity index (χ2v) is 8.53. The third-order valence-electron chi connectivity index (χ3n) is 3.87. The van der Waals surface area contributed by atoms with Gasteiger partial charge in [-0.2, -0.15) is 23.5 Å². The summed E-state index contributed by atoms with van der Waals surface area (Å²) in [6.07, 6.45) is 6.55. The van der Waals surface area contributed by atoms with Gasteiger partial charge in [0.05, 0.1) is 0 Å². The minimum atomic E-state index is 0.216. The molecule has 0 aliphatic carbocycles. The van der Waals surface area contributed by atoms with Crippen LogP contribution in [0.5, 0.6) is 0 Å². The van der Waals surface area contributed by atoms with Crippen LogP contribution in [0.3, 0.4) is 0 Å². The SMILES string of the molecule is CN=C(NCC(C)(C)SC)NCC1(SC)CCOCC1. The standard InChI is InChI=1S/C14H29N3OS2/c1-13(2,19-4)10-16-12(15-3)17-11-14(20-5)6-8-18-9-7-14/h6-11H2,1-5H3,(H2,15,16,17). The minimum Gasteiger partial charge on any atom is -0.381 e. The van der Waals surface area contributed by atoms with Gasteiger partial charge in [0, 0.05) is 42.8 Å². The van der Waals surface area contributed by atoms with E-state index in [9.17, 15) is 0 Å². The first-order valence-electron chi connectivity index (χ1n) is 7.09. The lowest BCUT2D eigenvalue weighted by Crippen LogP contribution is -2.49. The Hall–Kier alpha value is -0.0700. The molecule has 0 aromatic heterocycles. The first kappa shape index (κ1) is 18.0. The van der Waals surface area contributed by atoms with Crippen LogP contribution in [0.4, 0.5) is 0 Å². The Bertz CT molecular complexity index is 316. The van der Waals surface area contributed by atoms with Gasteiger partial charge in [0.1, 0.15) is 0 Å². The van der Waals surface area contributed by atoms with Crippen molar-refractivity contribution >= 4 is 29.5 Å². The second kappa shape index (κ2) is 8.39. The molecule has 1 heterocycles. The second-order valence-electron chi connectivity index (χ2n) is 5.74. The molecule has 4 nitrogen and oxygen atoms in total. The predicted octanol–water partition coefficient (Wildman–Crippen LogP) is 2.21. The summed E-state index contributed by atoms with van der Waals surface area (Å²) in [5, 5.41) is 6.90. The van der Waals surface area contributed by atoms with Crippen molar-refractivity contribution in [3.05, 3.63) is 0 Å². The van der Waals surface area contributed by atoms with Crippen LogP contribution < -0.4 is 10.6 Å². The van der Waals surface area contributed by atoms with Crippen molar-refractivity contribution < 1.29 is 4.74 Å². The maximum Gasteiger partial charge on any atom is 0.191 e. The number of nitrogens with one attached hydrogen (secondary N) is 2. The highest BCUT2D eigenvalue weighted by Crippen LogP contribution is 2.32. The number of rotatable bonds is 6. The van der Waals surface area contributed by atoms with Crippen molar-refractivity contribution in [1.82, 2.24) is 10.6 Å². The normalized spacial score (nSPS) is 19.8. The summed E-state index contributed by atoms with van der Waals surface area (Å²) in [7, 11) is 1.83. The summed E-state index contributed by atoms with van der Waals surface area (Å²) in [6.45, 7) is 8.06. The number of aliphatic imine (C=N–C) groups is 1. The fourth-order valence-electron chi connectivity index (χ4n) is 2.03. The van der Waals surface area contributed by atoms with E-state index in [2.05, 4.69) is 42.0 Å². The quantitative estimate of drug-likeness (QED) is 0.580. The van der Waals surface area contributed by atoms with Gasteiger partial charge in [-0.15, -0.1) is 0 Å². The molecule has 0 unspecified atom stereocenters. The lowest BCUT2D eigenvalue weighted by atomic mass is 9.99. The van der Waals surface area contributed by atoms with E-state index in [-0.39, 0.29) is 9.49 Å². The summed E-state index contributed by atoms with van der Waals surface area (Å²) in [4.78, 5) is 4.32. The highest BCUT2D eigenvalue weighted by atomic mass is 32.2. The average Bonchev–Trinajstić information content (AvgIpc) is 2.48. The van der Waals surface area contributed by atoms with Crippen molar-refractivity contribution in [2.75, 3.05) is 45.9 Å². The molecule has 0 spiro atoms. The molecule has 0 bridgehead atoms. The Kier molecular flexibility index (Phi) is 7.54. The first-order chi connectivity index (χ1) is 9.47. The number of hydrogen-bond donors (Lipinski definition) is 2. The molecule has 0 atom stereocenters. The van der Waals surface area contributed by atoms with Gasteiger partial charge in [0.2, 0.25) is 0 Å². The Morgan fingerprint density at radius 3 is 2.40 bits per heavy atom. The van der Waals surface area contributed by atoms with Gasteiger partial charge in [-0.05, 0) is 39.2 Å². The topological polar surface area (TPSA) is 45.7 Å². The van der Waals surface area contributed by atoms with E-state index in [1.54, 1.807) is 0 Å². The van der Waals surface area contributed by atoms with Crippen LogP contribution in [0.1, 0.15) is 26.7 Å². The van der Waals surface area contributed by atoms with Crippen LogP contribution in [0.2, 0.25) is 0 Å². The van der Waals surface area contributed by atoms with E-state index in [0.29, 0.717) is 0 Å². The summed E-state index contributed by atoms with van der Waals surface area (Å²) in [5.41, 5.74) is 0. The van der Waals surface area contributed by atoms with E-state index in [1.807, 2.05) is 30.6 Å². The van der Waals surface area contributed by atoms with E-state index in [4.69, 9.17) is 4.74 Å². The molecule has 0 radical (unpaired) electrons. The molecule has 0 amide bonds. The van der Waals surface area contributed by atoms with Crippen molar-refractivity contribution in [3.8, 4) is 0 Å². The Balaban J connectivity index is 2.44. The fraction of sp³-hybridized carbons (Fsp3) is 0.929. The van der Waals surface area contributed by atoms with Gasteiger partial charge in [-0.1, -0.05) is 0 Å². The smallest absolute Gasteiger partial charge is 0.191 e. The monoisotopic (exact) mass is 319 g/mol. The number of hydrogen-bond acceptors (Lipinski definition) is 4. The fourth-order valence-corrected chi connectivity index (χ4v) is 3.04. The van der Waals surface area contributed by atoms with Gasteiger partial charge in [0.15, 0.2) is 5.96 Å². The minimum absolute atomic E-state index is 0.216. The molecular formula is C14H29N3OS2. The molecule has 0 aromatic rings.